The lowest BCUT2D eigenvalue weighted by Gasteiger charge is -2.30. The van der Waals surface area contributed by atoms with Crippen molar-refractivity contribution in [3.05, 3.63) is 64.0 Å². The van der Waals surface area contributed by atoms with Gasteiger partial charge in [-0.05, 0) is 35.4 Å². The Morgan fingerprint density at radius 2 is 2.00 bits per heavy atom. The van der Waals surface area contributed by atoms with Crippen LogP contribution in [0.3, 0.4) is 0 Å². The molecule has 2 aromatic heterocycles. The van der Waals surface area contributed by atoms with Gasteiger partial charge in [-0.25, -0.2) is 19.9 Å². The minimum atomic E-state index is -4.54. The third-order valence-corrected chi connectivity index (χ3v) is 6.44. The molecule has 0 bridgehead atoms. The van der Waals surface area contributed by atoms with Crippen molar-refractivity contribution in [3.63, 3.8) is 0 Å². The van der Waals surface area contributed by atoms with Crippen LogP contribution in [0.4, 0.5) is 24.7 Å². The summed E-state index contributed by atoms with van der Waals surface area (Å²) in [6, 6.07) is 3.34. The van der Waals surface area contributed by atoms with Crippen LogP contribution in [0.2, 0.25) is 5.28 Å². The third-order valence-electron chi connectivity index (χ3n) is 5.24. The number of ether oxygens (including phenoxy) is 1. The van der Waals surface area contributed by atoms with Gasteiger partial charge in [0, 0.05) is 36.6 Å². The highest BCUT2D eigenvalue weighted by Gasteiger charge is 2.32. The molecule has 0 saturated heterocycles. The number of nitrogens with zero attached hydrogens (tertiary/aromatic N) is 5. The van der Waals surface area contributed by atoms with Crippen LogP contribution < -0.4 is 15.8 Å². The smallest absolute Gasteiger partial charge is 0.416 e. The van der Waals surface area contributed by atoms with E-state index in [0.717, 1.165) is 12.1 Å². The van der Waals surface area contributed by atoms with Gasteiger partial charge in [-0.15, -0.1) is 0 Å². The minimum Gasteiger partial charge on any atom is -0.479 e. The molecular formula is C21H18ClF3IN7O2. The molecule has 1 atom stereocenters. The molecule has 14 heteroatoms. The number of benzene rings is 1. The van der Waals surface area contributed by atoms with Gasteiger partial charge in [0.05, 0.1) is 24.9 Å². The van der Waals surface area contributed by atoms with Gasteiger partial charge in [-0.2, -0.15) is 13.2 Å². The zero-order valence-corrected chi connectivity index (χ0v) is 21.0. The van der Waals surface area contributed by atoms with Gasteiger partial charge in [0.15, 0.2) is 5.69 Å². The molecule has 4 rings (SSSR count). The molecule has 1 unspecified atom stereocenters. The third kappa shape index (κ3) is 5.50. The summed E-state index contributed by atoms with van der Waals surface area (Å²) in [7, 11) is 1.39. The lowest BCUT2D eigenvalue weighted by atomic mass is 10.1. The summed E-state index contributed by atoms with van der Waals surface area (Å²) >= 11 is 8.05. The van der Waals surface area contributed by atoms with E-state index >= 15 is 0 Å². The van der Waals surface area contributed by atoms with Crippen molar-refractivity contribution >= 4 is 51.6 Å². The molecule has 3 N–H and O–H groups in total. The Balaban J connectivity index is 1.63. The Kier molecular flexibility index (Phi) is 7.17. The van der Waals surface area contributed by atoms with Crippen molar-refractivity contribution in [3.8, 4) is 5.88 Å². The zero-order valence-electron chi connectivity index (χ0n) is 18.1. The average Bonchev–Trinajstić information content (AvgIpc) is 2.82. The van der Waals surface area contributed by atoms with Crippen molar-refractivity contribution in [2.45, 2.75) is 23.2 Å². The fourth-order valence-corrected chi connectivity index (χ4v) is 4.48. The second kappa shape index (κ2) is 9.97. The maximum absolute atomic E-state index is 13.3. The Hall–Kier alpha value is -2.94. The molecule has 0 aliphatic carbocycles. The van der Waals surface area contributed by atoms with E-state index in [1.807, 2.05) is 22.6 Å². The molecule has 1 aromatic carbocycles. The first-order valence-corrected chi connectivity index (χ1v) is 11.8. The molecule has 184 valence electrons. The summed E-state index contributed by atoms with van der Waals surface area (Å²) in [5.74, 6) is 0.0145. The fourth-order valence-electron chi connectivity index (χ4n) is 3.64. The highest BCUT2D eigenvalue weighted by molar-refractivity contribution is 14.1. The minimum absolute atomic E-state index is 0.0178. The number of hydrogen-bond acceptors (Lipinski definition) is 8. The number of methoxy groups -OCH3 is 1. The normalized spacial score (nSPS) is 14.3. The number of fused-ring (bicyclic) bond motifs is 1. The Labute approximate surface area is 216 Å². The highest BCUT2D eigenvalue weighted by atomic mass is 127. The summed E-state index contributed by atoms with van der Waals surface area (Å²) in [4.78, 5) is 31.3. The first kappa shape index (κ1) is 25.2. The summed E-state index contributed by atoms with van der Waals surface area (Å²) in [6.07, 6.45) is -1.34. The molecule has 0 saturated carbocycles. The van der Waals surface area contributed by atoms with E-state index in [4.69, 9.17) is 22.1 Å². The molecule has 9 nitrogen and oxygen atoms in total. The van der Waals surface area contributed by atoms with Crippen molar-refractivity contribution in [1.82, 2.24) is 24.8 Å². The van der Waals surface area contributed by atoms with E-state index in [2.05, 4.69) is 25.3 Å². The van der Waals surface area contributed by atoms with Crippen molar-refractivity contribution in [2.75, 3.05) is 24.7 Å². The number of rotatable bonds is 5. The van der Waals surface area contributed by atoms with Gasteiger partial charge < -0.3 is 20.7 Å². The molecule has 0 fully saturated rings. The van der Waals surface area contributed by atoms with Gasteiger partial charge >= 0.3 is 6.18 Å². The van der Waals surface area contributed by atoms with Crippen LogP contribution in [0.5, 0.6) is 5.88 Å². The maximum atomic E-state index is 13.3. The van der Waals surface area contributed by atoms with Gasteiger partial charge in [-0.3, -0.25) is 4.79 Å². The summed E-state index contributed by atoms with van der Waals surface area (Å²) < 4.78 is 44.3. The van der Waals surface area contributed by atoms with Gasteiger partial charge in [0.1, 0.15) is 9.87 Å². The van der Waals surface area contributed by atoms with Crippen LogP contribution in [-0.2, 0) is 19.1 Å². The second-order valence-electron chi connectivity index (χ2n) is 7.55. The van der Waals surface area contributed by atoms with E-state index in [1.54, 1.807) is 4.90 Å². The SMILES string of the molecule is COc1nccnc1C(=O)N1CCc2nc(Cl)nc(NC(I)c3cc(N)cc(C(F)(F)F)c3)c2C1. The van der Waals surface area contributed by atoms with Crippen LogP contribution in [0.25, 0.3) is 0 Å². The van der Waals surface area contributed by atoms with E-state index in [1.165, 1.54) is 25.6 Å². The molecule has 0 spiro atoms. The summed E-state index contributed by atoms with van der Waals surface area (Å²) in [5.41, 5.74) is 6.43. The number of nitrogens with two attached hydrogens (primary N) is 1. The molecule has 1 aliphatic heterocycles. The molecule has 3 aromatic rings. The lowest BCUT2D eigenvalue weighted by molar-refractivity contribution is -0.137. The van der Waals surface area contributed by atoms with Crippen LogP contribution in [-0.4, -0.2) is 44.4 Å². The number of carbonyl (C=O) groups is 1. The van der Waals surface area contributed by atoms with Gasteiger partial charge in [0.25, 0.3) is 5.91 Å². The first-order chi connectivity index (χ1) is 16.6. The lowest BCUT2D eigenvalue weighted by Crippen LogP contribution is -2.37. The zero-order chi connectivity index (χ0) is 25.3. The summed E-state index contributed by atoms with van der Waals surface area (Å²) in [5, 5.41) is 3.07. The van der Waals surface area contributed by atoms with Crippen LogP contribution in [0.1, 0.15) is 36.9 Å². The van der Waals surface area contributed by atoms with E-state index < -0.39 is 21.7 Å². The Morgan fingerprint density at radius 1 is 1.26 bits per heavy atom. The van der Waals surface area contributed by atoms with Crippen LogP contribution in [0.15, 0.2) is 30.6 Å². The number of nitrogens with one attached hydrogen (secondary N) is 1. The number of amides is 1. The number of aromatic nitrogens is 4. The molecule has 3 heterocycles. The highest BCUT2D eigenvalue weighted by Crippen LogP contribution is 2.36. The number of nitrogen functional groups attached to an aromatic ring is 1. The van der Waals surface area contributed by atoms with E-state index in [0.29, 0.717) is 35.6 Å². The van der Waals surface area contributed by atoms with Crippen LogP contribution in [0, 0.1) is 0 Å². The van der Waals surface area contributed by atoms with Gasteiger partial charge in [0.2, 0.25) is 11.2 Å². The molecule has 0 radical (unpaired) electrons. The quantitative estimate of drug-likeness (QED) is 0.143. The Morgan fingerprint density at radius 3 is 2.71 bits per heavy atom. The van der Waals surface area contributed by atoms with Crippen molar-refractivity contribution in [2.24, 2.45) is 0 Å². The van der Waals surface area contributed by atoms with Crippen LogP contribution >= 0.6 is 34.2 Å². The largest absolute Gasteiger partial charge is 0.479 e. The predicted octanol–water partition coefficient (Wildman–Crippen LogP) is 4.27. The molecule has 35 heavy (non-hydrogen) atoms. The van der Waals surface area contributed by atoms with Gasteiger partial charge in [-0.1, -0.05) is 22.6 Å². The van der Waals surface area contributed by atoms with Crippen molar-refractivity contribution < 1.29 is 22.7 Å². The first-order valence-electron chi connectivity index (χ1n) is 10.1. The monoisotopic (exact) mass is 619 g/mol. The predicted molar refractivity (Wildman–Crippen MR) is 130 cm³/mol. The Bertz CT molecular complexity index is 1280. The summed E-state index contributed by atoms with van der Waals surface area (Å²) in [6.45, 7) is 0.470. The number of anilines is 2. The van der Waals surface area contributed by atoms with Crippen molar-refractivity contribution in [1.29, 1.82) is 0 Å². The standard InChI is InChI=1S/C21H18ClF3IN7O2/c1-35-18-15(28-3-4-29-18)19(34)33-5-2-14-13(9-33)17(32-20(22)30-14)31-16(26)10-6-11(21(23,24)25)8-12(27)7-10/h3-4,6-8,16H,2,5,9,27H2,1H3,(H,30,31,32). The number of alkyl halides is 4. The second-order valence-corrected chi connectivity index (χ2v) is 9.13. The van der Waals surface area contributed by atoms with E-state index in [-0.39, 0.29) is 29.1 Å². The average molecular weight is 620 g/mol. The molecule has 1 amide bonds. The number of carbonyl (C=O) groups excluding carboxylic acids is 1. The maximum Gasteiger partial charge on any atom is 0.416 e. The number of hydrogen-bond donors (Lipinski definition) is 2. The molecular weight excluding hydrogens is 602 g/mol. The van der Waals surface area contributed by atoms with E-state index in [9.17, 15) is 18.0 Å². The fraction of sp³-hybridized carbons (Fsp3) is 0.286. The number of halogens is 5. The topological polar surface area (TPSA) is 119 Å². The molecule has 1 aliphatic rings.